The maximum atomic E-state index is 13.4. The van der Waals surface area contributed by atoms with E-state index >= 15 is 0 Å². The first-order valence-electron chi connectivity index (χ1n) is 10.4. The van der Waals surface area contributed by atoms with Gasteiger partial charge in [-0.3, -0.25) is 9.59 Å². The number of hydrogen-bond donors (Lipinski definition) is 0. The number of fused-ring (bicyclic) bond motifs is 2. The lowest BCUT2D eigenvalue weighted by atomic mass is 9.95. The number of hydrogen-bond acceptors (Lipinski definition) is 4. The third kappa shape index (κ3) is 3.20. The zero-order chi connectivity index (χ0) is 21.7. The largest absolute Gasteiger partial charge is 0.350 e. The zero-order valence-electron chi connectivity index (χ0n) is 17.8. The molecule has 1 saturated heterocycles. The molecule has 0 spiro atoms. The number of aryl methyl sites for hydroxylation is 1. The highest BCUT2D eigenvalue weighted by Gasteiger charge is 2.34. The van der Waals surface area contributed by atoms with Crippen LogP contribution in [0.15, 0.2) is 48.8 Å². The maximum absolute atomic E-state index is 13.4. The van der Waals surface area contributed by atoms with Gasteiger partial charge >= 0.3 is 0 Å². The summed E-state index contributed by atoms with van der Waals surface area (Å²) in [5, 5.41) is 2.01. The maximum Gasteiger partial charge on any atom is 0.263 e. The molecule has 31 heavy (non-hydrogen) atoms. The van der Waals surface area contributed by atoms with E-state index in [-0.39, 0.29) is 17.7 Å². The molecule has 1 unspecified atom stereocenters. The van der Waals surface area contributed by atoms with Crippen LogP contribution in [-0.4, -0.2) is 58.4 Å². The molecule has 4 heterocycles. The number of para-hydroxylation sites is 1. The monoisotopic (exact) mass is 432 g/mol. The van der Waals surface area contributed by atoms with Crippen molar-refractivity contribution >= 4 is 44.3 Å². The molecular formula is C24H24N4O2S. The molecule has 0 radical (unpaired) electrons. The highest BCUT2D eigenvalue weighted by Crippen LogP contribution is 2.40. The minimum Gasteiger partial charge on any atom is -0.350 e. The smallest absolute Gasteiger partial charge is 0.263 e. The van der Waals surface area contributed by atoms with E-state index in [9.17, 15) is 9.59 Å². The van der Waals surface area contributed by atoms with Crippen LogP contribution in [0.25, 0.3) is 21.1 Å². The van der Waals surface area contributed by atoms with Crippen molar-refractivity contribution in [1.29, 1.82) is 0 Å². The molecule has 158 valence electrons. The van der Waals surface area contributed by atoms with E-state index in [0.717, 1.165) is 43.5 Å². The quantitative estimate of drug-likeness (QED) is 0.489. The van der Waals surface area contributed by atoms with E-state index in [0.29, 0.717) is 13.1 Å². The van der Waals surface area contributed by atoms with Gasteiger partial charge in [-0.15, -0.1) is 11.3 Å². The number of thiophene rings is 1. The van der Waals surface area contributed by atoms with Crippen molar-refractivity contribution in [3.63, 3.8) is 0 Å². The number of rotatable bonds is 3. The van der Waals surface area contributed by atoms with E-state index in [1.165, 1.54) is 11.3 Å². The van der Waals surface area contributed by atoms with E-state index in [1.54, 1.807) is 25.2 Å². The molecule has 0 aliphatic carbocycles. The Morgan fingerprint density at radius 1 is 1.13 bits per heavy atom. The van der Waals surface area contributed by atoms with Gasteiger partial charge in [0.25, 0.3) is 11.8 Å². The Kier molecular flexibility index (Phi) is 4.78. The van der Waals surface area contributed by atoms with E-state index in [1.807, 2.05) is 59.1 Å². The lowest BCUT2D eigenvalue weighted by Gasteiger charge is -2.18. The first-order valence-corrected chi connectivity index (χ1v) is 11.2. The van der Waals surface area contributed by atoms with E-state index in [4.69, 9.17) is 0 Å². The van der Waals surface area contributed by atoms with Crippen LogP contribution in [0.2, 0.25) is 0 Å². The second kappa shape index (κ2) is 7.50. The summed E-state index contributed by atoms with van der Waals surface area (Å²) in [5.41, 5.74) is 2.83. The average molecular weight is 433 g/mol. The van der Waals surface area contributed by atoms with Gasteiger partial charge < -0.3 is 14.4 Å². The second-order valence-electron chi connectivity index (χ2n) is 8.31. The van der Waals surface area contributed by atoms with Gasteiger partial charge in [0.05, 0.1) is 10.4 Å². The minimum absolute atomic E-state index is 0.00294. The normalized spacial score (nSPS) is 16.4. The van der Waals surface area contributed by atoms with Crippen LogP contribution >= 0.6 is 11.3 Å². The van der Waals surface area contributed by atoms with Gasteiger partial charge in [0, 0.05) is 68.8 Å². The number of carbonyl (C=O) groups is 2. The Balaban J connectivity index is 1.50. The van der Waals surface area contributed by atoms with Gasteiger partial charge in [0.2, 0.25) is 0 Å². The Labute approximate surface area is 184 Å². The Morgan fingerprint density at radius 3 is 2.71 bits per heavy atom. The third-order valence-corrected chi connectivity index (χ3v) is 7.23. The summed E-state index contributed by atoms with van der Waals surface area (Å²) in [7, 11) is 5.51. The van der Waals surface area contributed by atoms with Crippen molar-refractivity contribution in [3.8, 4) is 0 Å². The van der Waals surface area contributed by atoms with Crippen LogP contribution in [0.5, 0.6) is 0 Å². The summed E-state index contributed by atoms with van der Waals surface area (Å²) < 4.78 is 2.00. The molecule has 1 aromatic carbocycles. The summed E-state index contributed by atoms with van der Waals surface area (Å²) >= 11 is 1.45. The number of likely N-dealkylation sites (tertiary alicyclic amines) is 1. The fourth-order valence-corrected chi connectivity index (χ4v) is 5.83. The Morgan fingerprint density at radius 2 is 1.90 bits per heavy atom. The van der Waals surface area contributed by atoms with Crippen molar-refractivity contribution in [3.05, 3.63) is 64.8 Å². The topological polar surface area (TPSA) is 58.4 Å². The molecule has 1 fully saturated rings. The van der Waals surface area contributed by atoms with Crippen LogP contribution in [-0.2, 0) is 7.05 Å². The van der Waals surface area contributed by atoms with Crippen LogP contribution in [0.1, 0.15) is 37.9 Å². The Hall–Kier alpha value is -3.19. The van der Waals surface area contributed by atoms with E-state index < -0.39 is 0 Å². The molecule has 3 aromatic heterocycles. The van der Waals surface area contributed by atoms with Gasteiger partial charge in [-0.05, 0) is 24.1 Å². The van der Waals surface area contributed by atoms with Gasteiger partial charge in [-0.25, -0.2) is 4.98 Å². The standard InChI is InChI=1S/C24H24N4O2S/c1-26(2)24(30)21-20(17-8-6-11-25-22(17)31-21)15-10-12-28(13-15)23(29)18-14-27(3)19-9-5-4-7-16(18)19/h4-9,11,14-15H,10,12-13H2,1-3H3. The van der Waals surface area contributed by atoms with Crippen LogP contribution in [0.3, 0.4) is 0 Å². The SMILES string of the molecule is CN(C)C(=O)c1sc2ncccc2c1C1CCN(C(=O)c2cn(C)c3ccccc23)C1. The summed E-state index contributed by atoms with van der Waals surface area (Å²) in [6.45, 7) is 1.29. The number of pyridine rings is 1. The van der Waals surface area contributed by atoms with Gasteiger partial charge in [-0.1, -0.05) is 24.3 Å². The van der Waals surface area contributed by atoms with Crippen molar-refractivity contribution in [2.45, 2.75) is 12.3 Å². The van der Waals surface area contributed by atoms with Crippen molar-refractivity contribution in [2.75, 3.05) is 27.2 Å². The molecule has 7 heteroatoms. The minimum atomic E-state index is -0.00294. The first-order chi connectivity index (χ1) is 15.0. The summed E-state index contributed by atoms with van der Waals surface area (Å²) in [6, 6.07) is 11.9. The second-order valence-corrected chi connectivity index (χ2v) is 9.31. The summed E-state index contributed by atoms with van der Waals surface area (Å²) in [4.78, 5) is 35.9. The third-order valence-electron chi connectivity index (χ3n) is 6.12. The highest BCUT2D eigenvalue weighted by atomic mass is 32.1. The molecular weight excluding hydrogens is 408 g/mol. The predicted molar refractivity (Wildman–Crippen MR) is 124 cm³/mol. The molecule has 5 rings (SSSR count). The van der Waals surface area contributed by atoms with Gasteiger partial charge in [-0.2, -0.15) is 0 Å². The fourth-order valence-electron chi connectivity index (χ4n) is 4.58. The number of aromatic nitrogens is 2. The first kappa shape index (κ1) is 19.8. The zero-order valence-corrected chi connectivity index (χ0v) is 18.6. The molecule has 0 saturated carbocycles. The van der Waals surface area contributed by atoms with Gasteiger partial charge in [0.15, 0.2) is 0 Å². The van der Waals surface area contributed by atoms with Crippen LogP contribution in [0.4, 0.5) is 0 Å². The molecule has 0 bridgehead atoms. The van der Waals surface area contributed by atoms with Crippen molar-refractivity contribution in [1.82, 2.24) is 19.4 Å². The number of benzene rings is 1. The van der Waals surface area contributed by atoms with Gasteiger partial charge in [0.1, 0.15) is 4.83 Å². The summed E-state index contributed by atoms with van der Waals surface area (Å²) in [6.07, 6.45) is 4.52. The average Bonchev–Trinajstić information content (AvgIpc) is 3.48. The lowest BCUT2D eigenvalue weighted by molar-refractivity contribution is 0.0792. The lowest BCUT2D eigenvalue weighted by Crippen LogP contribution is -2.28. The number of amides is 2. The van der Waals surface area contributed by atoms with E-state index in [2.05, 4.69) is 4.98 Å². The Bertz CT molecular complexity index is 1320. The molecule has 2 amide bonds. The van der Waals surface area contributed by atoms with Crippen LogP contribution < -0.4 is 0 Å². The summed E-state index contributed by atoms with van der Waals surface area (Å²) in [5.74, 6) is 0.171. The molecule has 4 aromatic rings. The number of nitrogens with zero attached hydrogens (tertiary/aromatic N) is 4. The predicted octanol–water partition coefficient (Wildman–Crippen LogP) is 4.12. The highest BCUT2D eigenvalue weighted by molar-refractivity contribution is 7.20. The van der Waals surface area contributed by atoms with Crippen molar-refractivity contribution in [2.24, 2.45) is 7.05 Å². The fraction of sp³-hybridized carbons (Fsp3) is 0.292. The molecule has 1 aliphatic rings. The molecule has 0 N–H and O–H groups in total. The van der Waals surface area contributed by atoms with Crippen LogP contribution in [0, 0.1) is 0 Å². The van der Waals surface area contributed by atoms with Crippen molar-refractivity contribution < 1.29 is 9.59 Å². The molecule has 6 nitrogen and oxygen atoms in total. The number of carbonyl (C=O) groups excluding carboxylic acids is 2. The molecule has 1 aliphatic heterocycles. The molecule has 1 atom stereocenters.